The first-order valence-electron chi connectivity index (χ1n) is 11.7. The van der Waals surface area contributed by atoms with Crippen molar-refractivity contribution < 1.29 is 27.5 Å². The van der Waals surface area contributed by atoms with Gasteiger partial charge >= 0.3 is 12.1 Å². The van der Waals surface area contributed by atoms with E-state index in [0.29, 0.717) is 53.1 Å². The van der Waals surface area contributed by atoms with Gasteiger partial charge in [-0.1, -0.05) is 24.6 Å². The molecule has 0 spiro atoms. The van der Waals surface area contributed by atoms with E-state index in [2.05, 4.69) is 15.6 Å². The zero-order chi connectivity index (χ0) is 25.9. The van der Waals surface area contributed by atoms with Gasteiger partial charge in [-0.3, -0.25) is 9.59 Å². The molecule has 10 heteroatoms. The van der Waals surface area contributed by atoms with E-state index in [-0.39, 0.29) is 35.9 Å². The third kappa shape index (κ3) is 6.26. The number of carbonyl (C=O) groups is 2. The minimum absolute atomic E-state index is 0.0689. The van der Waals surface area contributed by atoms with E-state index in [1.54, 1.807) is 31.2 Å². The van der Waals surface area contributed by atoms with E-state index in [4.69, 9.17) is 16.3 Å². The molecule has 0 saturated heterocycles. The molecule has 1 amide bonds. The Morgan fingerprint density at radius 1 is 1.06 bits per heavy atom. The van der Waals surface area contributed by atoms with E-state index in [9.17, 15) is 22.8 Å². The summed E-state index contributed by atoms with van der Waals surface area (Å²) in [5.41, 5.74) is -0.0330. The molecule has 1 aromatic heterocycles. The first kappa shape index (κ1) is 25.8. The second kappa shape index (κ2) is 10.7. The molecule has 4 rings (SSSR count). The molecule has 3 aromatic rings. The van der Waals surface area contributed by atoms with Crippen molar-refractivity contribution in [3.8, 4) is 5.75 Å². The average molecular weight is 520 g/mol. The molecule has 1 aliphatic rings. The lowest BCUT2D eigenvalue weighted by Crippen LogP contribution is -2.40. The third-order valence-electron chi connectivity index (χ3n) is 6.10. The van der Waals surface area contributed by atoms with Crippen LogP contribution < -0.4 is 15.4 Å². The van der Waals surface area contributed by atoms with Crippen LogP contribution in [-0.4, -0.2) is 28.9 Å². The number of fused-ring (bicyclic) bond motifs is 1. The smallest absolute Gasteiger partial charge is 0.427 e. The number of esters is 1. The first-order chi connectivity index (χ1) is 17.1. The Morgan fingerprint density at radius 2 is 1.78 bits per heavy atom. The number of anilines is 1. The first-order valence-corrected chi connectivity index (χ1v) is 12.1. The van der Waals surface area contributed by atoms with E-state index < -0.39 is 11.9 Å². The van der Waals surface area contributed by atoms with Gasteiger partial charge in [0.05, 0.1) is 5.52 Å². The van der Waals surface area contributed by atoms with Crippen LogP contribution in [0.2, 0.25) is 5.02 Å². The summed E-state index contributed by atoms with van der Waals surface area (Å²) in [4.78, 5) is 28.0. The Bertz CT molecular complexity index is 1270. The average Bonchev–Trinajstić information content (AvgIpc) is 2.84. The number of hydrogen-bond donors (Lipinski definition) is 2. The van der Waals surface area contributed by atoms with Crippen molar-refractivity contribution in [1.82, 2.24) is 10.3 Å². The topological polar surface area (TPSA) is 80.3 Å². The van der Waals surface area contributed by atoms with Crippen LogP contribution >= 0.6 is 11.6 Å². The predicted molar refractivity (Wildman–Crippen MR) is 131 cm³/mol. The molecule has 1 saturated carbocycles. The summed E-state index contributed by atoms with van der Waals surface area (Å²) in [7, 11) is 0. The van der Waals surface area contributed by atoms with Crippen molar-refractivity contribution in [2.24, 2.45) is 0 Å². The monoisotopic (exact) mass is 519 g/mol. The van der Waals surface area contributed by atoms with Crippen LogP contribution in [-0.2, 0) is 11.0 Å². The zero-order valence-corrected chi connectivity index (χ0v) is 20.2. The Kier molecular flexibility index (Phi) is 7.68. The van der Waals surface area contributed by atoms with Gasteiger partial charge in [-0.15, -0.1) is 0 Å². The predicted octanol–water partition coefficient (Wildman–Crippen LogP) is 6.38. The lowest BCUT2D eigenvalue weighted by molar-refractivity contribution is -0.141. The minimum atomic E-state index is -4.57. The van der Waals surface area contributed by atoms with Crippen LogP contribution in [0, 0.1) is 0 Å². The minimum Gasteiger partial charge on any atom is -0.427 e. The summed E-state index contributed by atoms with van der Waals surface area (Å²) >= 11 is 6.08. The second-order valence-corrected chi connectivity index (χ2v) is 9.17. The number of rotatable bonds is 6. The highest BCUT2D eigenvalue weighted by molar-refractivity contribution is 6.31. The number of halogens is 4. The molecule has 0 aliphatic heterocycles. The number of alkyl halides is 3. The fraction of sp³-hybridized carbons (Fsp3) is 0.346. The maximum atomic E-state index is 13.4. The Labute approximate surface area is 211 Å². The molecular weight excluding hydrogens is 495 g/mol. The summed E-state index contributed by atoms with van der Waals surface area (Å²) in [6.45, 7) is 1.69. The zero-order valence-electron chi connectivity index (χ0n) is 19.5. The molecule has 1 heterocycles. The fourth-order valence-corrected chi connectivity index (χ4v) is 4.41. The van der Waals surface area contributed by atoms with Crippen molar-refractivity contribution in [2.45, 2.75) is 57.3 Å². The highest BCUT2D eigenvalue weighted by atomic mass is 35.5. The standard InChI is InChI=1S/C26H25ClF3N3O3/c1-2-24(34)36-19-5-3-4-15(12-19)25(35)32-18-9-7-17(8-10-18)31-22-14-23(26(28,29)30)33-21-11-6-16(27)13-20(21)22/h3-6,11-14,17-18H,2,7-10H2,1H3,(H,31,33)(H,32,35). The number of nitrogens with one attached hydrogen (secondary N) is 2. The molecule has 1 aliphatic carbocycles. The molecule has 0 atom stereocenters. The fourth-order valence-electron chi connectivity index (χ4n) is 4.24. The Balaban J connectivity index is 1.40. The van der Waals surface area contributed by atoms with E-state index in [0.717, 1.165) is 6.07 Å². The number of aromatic nitrogens is 1. The van der Waals surface area contributed by atoms with Crippen LogP contribution in [0.5, 0.6) is 5.75 Å². The van der Waals surface area contributed by atoms with Crippen molar-refractivity contribution >= 4 is 40.1 Å². The molecule has 6 nitrogen and oxygen atoms in total. The molecule has 2 N–H and O–H groups in total. The maximum Gasteiger partial charge on any atom is 0.433 e. The van der Waals surface area contributed by atoms with Crippen LogP contribution in [0.15, 0.2) is 48.5 Å². The van der Waals surface area contributed by atoms with Crippen LogP contribution in [0.25, 0.3) is 10.9 Å². The van der Waals surface area contributed by atoms with Gasteiger partial charge in [0.1, 0.15) is 11.4 Å². The van der Waals surface area contributed by atoms with Gasteiger partial charge in [-0.05, 0) is 68.1 Å². The number of carbonyl (C=O) groups excluding carboxylic acids is 2. The summed E-state index contributed by atoms with van der Waals surface area (Å²) < 4.78 is 45.3. The van der Waals surface area contributed by atoms with Crippen molar-refractivity contribution in [2.75, 3.05) is 5.32 Å². The van der Waals surface area contributed by atoms with Crippen molar-refractivity contribution in [3.05, 3.63) is 64.8 Å². The molecular formula is C26H25ClF3N3O3. The number of amides is 1. The summed E-state index contributed by atoms with van der Waals surface area (Å²) in [5, 5.41) is 7.17. The van der Waals surface area contributed by atoms with Gasteiger partial charge < -0.3 is 15.4 Å². The highest BCUT2D eigenvalue weighted by Crippen LogP contribution is 2.35. The van der Waals surface area contributed by atoms with Crippen LogP contribution in [0.4, 0.5) is 18.9 Å². The molecule has 0 unspecified atom stereocenters. The van der Waals surface area contributed by atoms with Crippen molar-refractivity contribution in [3.63, 3.8) is 0 Å². The molecule has 0 bridgehead atoms. The SMILES string of the molecule is CCC(=O)Oc1cccc(C(=O)NC2CCC(Nc3cc(C(F)(F)F)nc4ccc(Cl)cc34)CC2)c1. The van der Waals surface area contributed by atoms with Crippen LogP contribution in [0.3, 0.4) is 0 Å². The highest BCUT2D eigenvalue weighted by Gasteiger charge is 2.34. The number of ether oxygens (including phenoxy) is 1. The quantitative estimate of drug-likeness (QED) is 0.292. The molecule has 190 valence electrons. The summed E-state index contributed by atoms with van der Waals surface area (Å²) in [6, 6.07) is 11.9. The van der Waals surface area contributed by atoms with E-state index in [1.165, 1.54) is 18.2 Å². The van der Waals surface area contributed by atoms with Gasteiger partial charge in [-0.2, -0.15) is 13.2 Å². The molecule has 0 radical (unpaired) electrons. The maximum absolute atomic E-state index is 13.4. The van der Waals surface area contributed by atoms with Gasteiger partial charge in [0.25, 0.3) is 5.91 Å². The van der Waals surface area contributed by atoms with E-state index in [1.807, 2.05) is 0 Å². The number of hydrogen-bond acceptors (Lipinski definition) is 5. The lowest BCUT2D eigenvalue weighted by atomic mass is 9.90. The lowest BCUT2D eigenvalue weighted by Gasteiger charge is -2.30. The Morgan fingerprint density at radius 3 is 2.47 bits per heavy atom. The molecule has 1 fully saturated rings. The van der Waals surface area contributed by atoms with Gasteiger partial charge in [-0.25, -0.2) is 4.98 Å². The Hall–Kier alpha value is -3.33. The number of pyridine rings is 1. The summed E-state index contributed by atoms with van der Waals surface area (Å²) in [5.74, 6) is -0.347. The van der Waals surface area contributed by atoms with Gasteiger partial charge in [0, 0.05) is 40.2 Å². The second-order valence-electron chi connectivity index (χ2n) is 8.74. The van der Waals surface area contributed by atoms with Crippen LogP contribution in [0.1, 0.15) is 55.1 Å². The number of nitrogens with zero attached hydrogens (tertiary/aromatic N) is 1. The van der Waals surface area contributed by atoms with Crippen molar-refractivity contribution in [1.29, 1.82) is 0 Å². The normalized spacial score (nSPS) is 18.0. The third-order valence-corrected chi connectivity index (χ3v) is 6.33. The largest absolute Gasteiger partial charge is 0.433 e. The molecule has 2 aromatic carbocycles. The van der Waals surface area contributed by atoms with E-state index >= 15 is 0 Å². The van der Waals surface area contributed by atoms with Gasteiger partial charge in [0.2, 0.25) is 0 Å². The van der Waals surface area contributed by atoms with Gasteiger partial charge in [0.15, 0.2) is 0 Å². The molecule has 36 heavy (non-hydrogen) atoms. The number of benzene rings is 2. The summed E-state index contributed by atoms with van der Waals surface area (Å²) in [6.07, 6.45) is -1.71.